The van der Waals surface area contributed by atoms with E-state index < -0.39 is 143 Å². The summed E-state index contributed by atoms with van der Waals surface area (Å²) >= 11 is 0. The van der Waals surface area contributed by atoms with E-state index in [2.05, 4.69) is 5.32 Å². The van der Waals surface area contributed by atoms with Gasteiger partial charge in [-0.25, -0.2) is 0 Å². The van der Waals surface area contributed by atoms with E-state index >= 15 is 0 Å². The van der Waals surface area contributed by atoms with Gasteiger partial charge < -0.3 is 90.5 Å². The maximum atomic E-state index is 14.2. The number of benzene rings is 1. The number of hydrogen-bond acceptors (Lipinski definition) is 19. The van der Waals surface area contributed by atoms with Gasteiger partial charge in [-0.2, -0.15) is 5.70 Å². The number of carbonyl (C=O) groups excluding carboxylic acids is 7. The second kappa shape index (κ2) is 28.7. The van der Waals surface area contributed by atoms with Crippen LogP contribution in [-0.4, -0.2) is 124 Å². The van der Waals surface area contributed by atoms with Gasteiger partial charge in [0, 0.05) is 125 Å². The molecule has 6 aliphatic heterocycles. The van der Waals surface area contributed by atoms with Crippen LogP contribution in [0.25, 0.3) is 5.32 Å². The van der Waals surface area contributed by atoms with E-state index in [1.54, 1.807) is 44.2 Å². The van der Waals surface area contributed by atoms with Crippen molar-refractivity contribution in [3.05, 3.63) is 76.5 Å². The normalized spacial score (nSPS) is 33.9. The third-order valence-corrected chi connectivity index (χ3v) is 20.1. The Morgan fingerprint density at radius 2 is 1.37 bits per heavy atom. The summed E-state index contributed by atoms with van der Waals surface area (Å²) < 4.78 is 35.1. The molecule has 2 saturated heterocycles. The summed E-state index contributed by atoms with van der Waals surface area (Å²) in [6.45, 7) is 19.8. The first-order chi connectivity index (χ1) is 41.0. The average molecular weight is 1300 g/mol. The van der Waals surface area contributed by atoms with Crippen LogP contribution in [-0.2, 0) is 68.7 Å². The van der Waals surface area contributed by atoms with E-state index in [4.69, 9.17) is 85.1 Å². The van der Waals surface area contributed by atoms with E-state index in [9.17, 15) is 53.2 Å². The number of nitrogens with two attached hydrogens (primary N) is 6. The number of ether oxygens (including phenoxy) is 2. The van der Waals surface area contributed by atoms with Crippen molar-refractivity contribution in [2.45, 2.75) is 175 Å². The minimum Gasteiger partial charge on any atom is -0.756 e. The molecule has 0 spiro atoms. The molecule has 7 rings (SSSR count). The molecule has 0 aliphatic carbocycles. The third kappa shape index (κ3) is 15.2. The Morgan fingerprint density at radius 3 is 1.92 bits per heavy atom. The van der Waals surface area contributed by atoms with Crippen molar-refractivity contribution in [3.63, 3.8) is 0 Å². The van der Waals surface area contributed by atoms with Crippen LogP contribution < -0.4 is 49.3 Å². The zero-order valence-electron chi connectivity index (χ0n) is 51.6. The number of phosphoric acid groups is 1. The van der Waals surface area contributed by atoms with E-state index in [1.807, 2.05) is 47.6 Å². The molecule has 8 bridgehead atoms. The first-order valence-corrected chi connectivity index (χ1v) is 30.7. The van der Waals surface area contributed by atoms with Crippen molar-refractivity contribution in [1.29, 1.82) is 5.26 Å². The minimum absolute atomic E-state index is 0. The number of primary amides is 6. The van der Waals surface area contributed by atoms with Gasteiger partial charge in [0.2, 0.25) is 47.6 Å². The van der Waals surface area contributed by atoms with Crippen LogP contribution in [0, 0.1) is 57.2 Å². The zero-order valence-corrected chi connectivity index (χ0v) is 53.5. The molecule has 7 amide bonds. The number of amides is 7. The number of fused-ring (bicyclic) bond motifs is 6. The minimum atomic E-state index is -5.29. The predicted molar refractivity (Wildman–Crippen MR) is 319 cm³/mol. The summed E-state index contributed by atoms with van der Waals surface area (Å²) in [5.41, 5.74) is 33.5. The molecule has 0 saturated carbocycles. The molecule has 15 N–H and O–H groups in total. The number of phosphoric ester groups is 1. The molecule has 491 valence electrons. The molecular formula is C60H84CoN12O15P-3. The smallest absolute Gasteiger partial charge is 0.268 e. The van der Waals surface area contributed by atoms with Crippen molar-refractivity contribution in [2.75, 3.05) is 13.2 Å². The second-order valence-electron chi connectivity index (χ2n) is 25.3. The number of aliphatic hydroxyl groups is 2. The fraction of sp³-hybridized carbons (Fsp3) is 0.617. The van der Waals surface area contributed by atoms with E-state index in [-0.39, 0.29) is 94.0 Å². The maximum absolute atomic E-state index is 14.2. The van der Waals surface area contributed by atoms with Crippen LogP contribution >= 0.6 is 7.82 Å². The third-order valence-electron chi connectivity index (χ3n) is 19.0. The molecular weight excluding hydrogens is 1220 g/mol. The molecule has 6 heterocycles. The number of hydrogen-bond donors (Lipinski definition) is 9. The number of para-hydroxylation sites is 1. The van der Waals surface area contributed by atoms with Gasteiger partial charge in [-0.05, 0) is 94.1 Å². The Labute approximate surface area is 528 Å². The first kappa shape index (κ1) is 73.1. The summed E-state index contributed by atoms with van der Waals surface area (Å²) in [7, 11) is -5.29. The van der Waals surface area contributed by atoms with Crippen LogP contribution in [0.4, 0.5) is 0 Å². The van der Waals surface area contributed by atoms with Crippen molar-refractivity contribution in [2.24, 2.45) is 94.7 Å². The molecule has 1 aromatic rings. The molecule has 27 nitrogen and oxygen atoms in total. The van der Waals surface area contributed by atoms with Crippen LogP contribution in [0.2, 0.25) is 0 Å². The monoisotopic (exact) mass is 1300 g/mol. The largest absolute Gasteiger partial charge is 0.756 e. The Bertz CT molecular complexity index is 3190. The number of aliphatic imine (C=N–C) groups is 3. The summed E-state index contributed by atoms with van der Waals surface area (Å²) in [5.74, 6) is -7.11. The predicted octanol–water partition coefficient (Wildman–Crippen LogP) is 2.65. The van der Waals surface area contributed by atoms with Gasteiger partial charge in [-0.3, -0.25) is 53.1 Å². The molecule has 2 fully saturated rings. The molecule has 29 heteroatoms. The molecule has 15 atom stereocenters. The fourth-order valence-electron chi connectivity index (χ4n) is 14.3. The maximum Gasteiger partial charge on any atom is 0.268 e. The van der Waals surface area contributed by atoms with Gasteiger partial charge in [0.1, 0.15) is 24.1 Å². The van der Waals surface area contributed by atoms with Crippen molar-refractivity contribution in [1.82, 2.24) is 5.32 Å². The Morgan fingerprint density at radius 1 is 0.798 bits per heavy atom. The molecule has 1 radical (unpaired) electrons. The summed E-state index contributed by atoms with van der Waals surface area (Å²) in [6.07, 6.45) is -6.55. The zero-order chi connectivity index (χ0) is 65.8. The SMILES string of the molecule is C/C1=C2/[N-][C@H]([C@H](CC(N)=O)[C@@]2(C)CCC(=O)NC[C@@H](C)OP(=O)([O-])O[C@H]2[C@@H](O)[C@@H](Oc3ccccc3)O[C@@H]2CO)[C@]2(C)N=C(/C(C)=C3N=C(/C=C4N=C1[C@@H](CCC(N)=O)C\4(C)C)[C@@H](CCC(N)=O)[C@]\3(C)CC(N)=O)[C@@H](CCC(N)=O)[C@]2(C)CC(N)=O.[C-]#N.[Co]. The number of nitrogens with one attached hydrogen (secondary N) is 1. The molecule has 89 heavy (non-hydrogen) atoms. The summed E-state index contributed by atoms with van der Waals surface area (Å²) in [4.78, 5) is 123. The second-order valence-corrected chi connectivity index (χ2v) is 26.6. The average Bonchev–Trinajstić information content (AvgIpc) is 1.56. The quantitative estimate of drug-likeness (QED) is 0.0452. The van der Waals surface area contributed by atoms with Crippen LogP contribution in [0.1, 0.15) is 133 Å². The van der Waals surface area contributed by atoms with E-state index in [0.717, 1.165) is 0 Å². The molecule has 1 aromatic carbocycles. The topological polar surface area (TPSA) is 480 Å². The van der Waals surface area contributed by atoms with Crippen molar-refractivity contribution >= 4 is 66.3 Å². The van der Waals surface area contributed by atoms with Gasteiger partial charge in [0.15, 0.2) is 0 Å². The van der Waals surface area contributed by atoms with Crippen LogP contribution in [0.15, 0.2) is 79.6 Å². The molecule has 6 aliphatic rings. The first-order valence-electron chi connectivity index (χ1n) is 29.2. The van der Waals surface area contributed by atoms with Gasteiger partial charge in [-0.15, -0.1) is 0 Å². The number of aliphatic hydroxyl groups excluding tert-OH is 2. The van der Waals surface area contributed by atoms with E-state index in [0.29, 0.717) is 51.1 Å². The van der Waals surface area contributed by atoms with Gasteiger partial charge in [-0.1, -0.05) is 58.9 Å². The molecule has 0 aromatic heterocycles. The number of rotatable bonds is 27. The summed E-state index contributed by atoms with van der Waals surface area (Å²) in [6, 6.07) is 7.21. The Kier molecular flexibility index (Phi) is 23.5. The van der Waals surface area contributed by atoms with Gasteiger partial charge in [0.05, 0.1) is 23.9 Å². The number of allylic oxidation sites excluding steroid dienone is 6. The number of nitrogens with zero attached hydrogens (tertiary/aromatic N) is 5. The van der Waals surface area contributed by atoms with Gasteiger partial charge in [0.25, 0.3) is 7.82 Å². The molecule has 1 unspecified atom stereocenters. The summed E-state index contributed by atoms with van der Waals surface area (Å²) in [5, 5.41) is 35.6. The van der Waals surface area contributed by atoms with Crippen LogP contribution in [0.5, 0.6) is 5.75 Å². The standard InChI is InChI=1S/C59H86N11O15P.CN.Co/c1-29(84-86(80,81)85-50-38(28-71)83-54(49(50)79)82-32-13-11-10-12-14-32)27-66-46(78)21-22-56(6)36(23-43(63)75)53-59(9)58(8,26-45(65)77)35(17-20-42(62)74)48(70-59)31(3)52-57(7,25-44(64)76)33(15-18-40(60)72)37(67-52)24-39-55(4,5)34(16-19-41(61)73)47(68-39)30(2)51(56)69-53;1-2;/h10-14,24,29,33-36,38,49-50,53-54,71,79H,15-23,25-28H2,1-9H3,(H15,60,61,62,63,64,65,66,67,68,69,70,72,73,74,75,76,77,78,80,81);;/q;-1;/p-2/t29-,33-,34-,35-,36+,38-,49-,50-,53-,54+,56-,57+,58+,59+;;/m1../s1. The van der Waals surface area contributed by atoms with Crippen LogP contribution in [0.3, 0.4) is 0 Å². The Balaban J connectivity index is 0.00000476. The van der Waals surface area contributed by atoms with Gasteiger partial charge >= 0.3 is 0 Å². The Hall–Kier alpha value is -6.67. The van der Waals surface area contributed by atoms with E-state index in [1.165, 1.54) is 6.92 Å². The number of carbonyl (C=O) groups is 7. The fourth-order valence-corrected chi connectivity index (χ4v) is 15.4. The van der Waals surface area contributed by atoms with Crippen molar-refractivity contribution < 1.29 is 88.5 Å². The van der Waals surface area contributed by atoms with Crippen molar-refractivity contribution in [3.8, 4) is 5.75 Å².